The van der Waals surface area contributed by atoms with Crippen LogP contribution in [0.25, 0.3) is 0 Å². The second-order valence-electron chi connectivity index (χ2n) is 5.79. The van der Waals surface area contributed by atoms with Crippen molar-refractivity contribution >= 4 is 0 Å². The summed E-state index contributed by atoms with van der Waals surface area (Å²) in [6.45, 7) is 2.35. The van der Waals surface area contributed by atoms with Gasteiger partial charge in [0.25, 0.3) is 0 Å². The predicted octanol–water partition coefficient (Wildman–Crippen LogP) is 3.08. The molecule has 0 bridgehead atoms. The second-order valence-corrected chi connectivity index (χ2v) is 5.79. The SMILES string of the molecule is CNCCOc1cccc(CC2COc3ccccc3C2)c1. The highest BCUT2D eigenvalue weighted by Crippen LogP contribution is 2.29. The third-order valence-corrected chi connectivity index (χ3v) is 4.00. The van der Waals surface area contributed by atoms with Gasteiger partial charge >= 0.3 is 0 Å². The molecule has 1 aliphatic rings. The maximum Gasteiger partial charge on any atom is 0.122 e. The molecule has 0 saturated heterocycles. The summed E-state index contributed by atoms with van der Waals surface area (Å²) < 4.78 is 11.6. The van der Waals surface area contributed by atoms with Crippen LogP contribution in [0.15, 0.2) is 48.5 Å². The van der Waals surface area contributed by atoms with Gasteiger partial charge in [0.05, 0.1) is 6.61 Å². The third-order valence-electron chi connectivity index (χ3n) is 4.00. The van der Waals surface area contributed by atoms with E-state index in [2.05, 4.69) is 41.7 Å². The molecule has 1 unspecified atom stereocenters. The van der Waals surface area contributed by atoms with Crippen LogP contribution >= 0.6 is 0 Å². The summed E-state index contributed by atoms with van der Waals surface area (Å²) in [5, 5.41) is 3.09. The Kier molecular flexibility index (Phi) is 4.96. The zero-order valence-electron chi connectivity index (χ0n) is 13.0. The van der Waals surface area contributed by atoms with Gasteiger partial charge in [-0.1, -0.05) is 30.3 Å². The van der Waals surface area contributed by atoms with Crippen LogP contribution < -0.4 is 14.8 Å². The van der Waals surface area contributed by atoms with Gasteiger partial charge in [0, 0.05) is 12.5 Å². The molecule has 0 fully saturated rings. The Bertz CT molecular complexity index is 612. The zero-order chi connectivity index (χ0) is 15.2. The van der Waals surface area contributed by atoms with E-state index >= 15 is 0 Å². The number of rotatable bonds is 6. The molecule has 3 nitrogen and oxygen atoms in total. The van der Waals surface area contributed by atoms with Gasteiger partial charge in [-0.05, 0) is 49.2 Å². The molecule has 3 rings (SSSR count). The largest absolute Gasteiger partial charge is 0.493 e. The lowest BCUT2D eigenvalue weighted by molar-refractivity contribution is 0.221. The average Bonchev–Trinajstić information content (AvgIpc) is 2.55. The summed E-state index contributed by atoms with van der Waals surface area (Å²) in [6.07, 6.45) is 2.11. The molecule has 3 heteroatoms. The van der Waals surface area contributed by atoms with Gasteiger partial charge in [0.15, 0.2) is 0 Å². The minimum Gasteiger partial charge on any atom is -0.493 e. The first-order chi connectivity index (χ1) is 10.8. The molecule has 0 saturated carbocycles. The van der Waals surface area contributed by atoms with Crippen LogP contribution in [-0.2, 0) is 12.8 Å². The summed E-state index contributed by atoms with van der Waals surface area (Å²) in [5.41, 5.74) is 2.63. The number of likely N-dealkylation sites (N-methyl/N-ethyl adjacent to an activating group) is 1. The van der Waals surface area contributed by atoms with E-state index in [0.29, 0.717) is 12.5 Å². The molecule has 1 aliphatic heterocycles. The average molecular weight is 297 g/mol. The molecule has 0 spiro atoms. The summed E-state index contributed by atoms with van der Waals surface area (Å²) in [6, 6.07) is 16.8. The van der Waals surface area contributed by atoms with E-state index < -0.39 is 0 Å². The minimum absolute atomic E-state index is 0.530. The Morgan fingerprint density at radius 3 is 3.00 bits per heavy atom. The summed E-state index contributed by atoms with van der Waals surface area (Å²) in [4.78, 5) is 0. The molecular formula is C19H23NO2. The molecular weight excluding hydrogens is 274 g/mol. The van der Waals surface area contributed by atoms with E-state index in [1.54, 1.807) is 0 Å². The molecule has 0 aromatic heterocycles. The number of fused-ring (bicyclic) bond motifs is 1. The van der Waals surface area contributed by atoms with Gasteiger partial charge in [-0.3, -0.25) is 0 Å². The van der Waals surface area contributed by atoms with Crippen LogP contribution in [0, 0.1) is 5.92 Å². The molecule has 2 aromatic carbocycles. The number of ether oxygens (including phenoxy) is 2. The lowest BCUT2D eigenvalue weighted by Crippen LogP contribution is -2.22. The fraction of sp³-hybridized carbons (Fsp3) is 0.368. The van der Waals surface area contributed by atoms with Crippen LogP contribution in [0.4, 0.5) is 0 Å². The summed E-state index contributed by atoms with van der Waals surface area (Å²) >= 11 is 0. The highest BCUT2D eigenvalue weighted by Gasteiger charge is 2.19. The van der Waals surface area contributed by atoms with E-state index in [1.165, 1.54) is 11.1 Å². The highest BCUT2D eigenvalue weighted by atomic mass is 16.5. The van der Waals surface area contributed by atoms with Gasteiger partial charge < -0.3 is 14.8 Å². The number of hydrogen-bond acceptors (Lipinski definition) is 3. The van der Waals surface area contributed by atoms with E-state index in [4.69, 9.17) is 9.47 Å². The van der Waals surface area contributed by atoms with Crippen molar-refractivity contribution in [3.63, 3.8) is 0 Å². The molecule has 0 radical (unpaired) electrons. The minimum atomic E-state index is 0.530. The van der Waals surface area contributed by atoms with Crippen LogP contribution in [0.2, 0.25) is 0 Å². The normalized spacial score (nSPS) is 16.7. The summed E-state index contributed by atoms with van der Waals surface area (Å²) in [5.74, 6) is 2.52. The van der Waals surface area contributed by atoms with Gasteiger partial charge in [-0.25, -0.2) is 0 Å². The quantitative estimate of drug-likeness (QED) is 0.831. The Hall–Kier alpha value is -2.00. The lowest BCUT2D eigenvalue weighted by atomic mass is 9.91. The molecule has 1 atom stereocenters. The Morgan fingerprint density at radius 2 is 2.09 bits per heavy atom. The van der Waals surface area contributed by atoms with Gasteiger partial charge in [0.2, 0.25) is 0 Å². The molecule has 116 valence electrons. The number of hydrogen-bond donors (Lipinski definition) is 1. The number of nitrogens with one attached hydrogen (secondary N) is 1. The van der Waals surface area contributed by atoms with Crippen LogP contribution in [-0.4, -0.2) is 26.8 Å². The fourth-order valence-electron chi connectivity index (χ4n) is 2.89. The van der Waals surface area contributed by atoms with Crippen molar-refractivity contribution in [2.75, 3.05) is 26.8 Å². The predicted molar refractivity (Wildman–Crippen MR) is 88.7 cm³/mol. The van der Waals surface area contributed by atoms with Crippen molar-refractivity contribution in [2.45, 2.75) is 12.8 Å². The summed E-state index contributed by atoms with van der Waals surface area (Å²) in [7, 11) is 1.93. The zero-order valence-corrected chi connectivity index (χ0v) is 13.0. The Labute approximate surface area is 132 Å². The van der Waals surface area contributed by atoms with E-state index in [1.807, 2.05) is 19.2 Å². The maximum atomic E-state index is 5.88. The molecule has 1 heterocycles. The van der Waals surface area contributed by atoms with Crippen LogP contribution in [0.1, 0.15) is 11.1 Å². The molecule has 2 aromatic rings. The first kappa shape index (κ1) is 14.9. The van der Waals surface area contributed by atoms with Gasteiger partial charge in [-0.15, -0.1) is 0 Å². The second kappa shape index (κ2) is 7.32. The third kappa shape index (κ3) is 3.80. The molecule has 1 N–H and O–H groups in total. The first-order valence-electron chi connectivity index (χ1n) is 7.92. The Morgan fingerprint density at radius 1 is 1.18 bits per heavy atom. The smallest absolute Gasteiger partial charge is 0.122 e. The van der Waals surface area contributed by atoms with Crippen molar-refractivity contribution in [1.29, 1.82) is 0 Å². The molecule has 22 heavy (non-hydrogen) atoms. The van der Waals surface area contributed by atoms with Gasteiger partial charge in [0.1, 0.15) is 18.1 Å². The maximum absolute atomic E-state index is 5.88. The first-order valence-corrected chi connectivity index (χ1v) is 7.92. The monoisotopic (exact) mass is 297 g/mol. The van der Waals surface area contributed by atoms with E-state index in [0.717, 1.165) is 37.5 Å². The molecule has 0 amide bonds. The lowest BCUT2D eigenvalue weighted by Gasteiger charge is -2.25. The van der Waals surface area contributed by atoms with Crippen LogP contribution in [0.3, 0.4) is 0 Å². The van der Waals surface area contributed by atoms with Crippen molar-refractivity contribution in [2.24, 2.45) is 5.92 Å². The van der Waals surface area contributed by atoms with E-state index in [-0.39, 0.29) is 0 Å². The van der Waals surface area contributed by atoms with Gasteiger partial charge in [-0.2, -0.15) is 0 Å². The molecule has 0 aliphatic carbocycles. The highest BCUT2D eigenvalue weighted by molar-refractivity contribution is 5.36. The van der Waals surface area contributed by atoms with E-state index in [9.17, 15) is 0 Å². The van der Waals surface area contributed by atoms with Crippen molar-refractivity contribution in [1.82, 2.24) is 5.32 Å². The standard InChI is InChI=1S/C19H23NO2/c1-20-9-10-21-18-7-4-5-15(13-18)11-16-12-17-6-2-3-8-19(17)22-14-16/h2-8,13,16,20H,9-12,14H2,1H3. The van der Waals surface area contributed by atoms with Crippen LogP contribution in [0.5, 0.6) is 11.5 Å². The van der Waals surface area contributed by atoms with Crippen molar-refractivity contribution in [3.05, 3.63) is 59.7 Å². The topological polar surface area (TPSA) is 30.5 Å². The fourth-order valence-corrected chi connectivity index (χ4v) is 2.89. The number of para-hydroxylation sites is 1. The van der Waals surface area contributed by atoms with Crippen molar-refractivity contribution < 1.29 is 9.47 Å². The number of benzene rings is 2. The Balaban J connectivity index is 1.61. The van der Waals surface area contributed by atoms with Crippen molar-refractivity contribution in [3.8, 4) is 11.5 Å².